The van der Waals surface area contributed by atoms with Crippen LogP contribution in [0.25, 0.3) is 0 Å². The van der Waals surface area contributed by atoms with E-state index in [2.05, 4.69) is 31.3 Å². The van der Waals surface area contributed by atoms with Gasteiger partial charge in [-0.15, -0.1) is 0 Å². The second-order valence-corrected chi connectivity index (χ2v) is 7.31. The number of nitrogens with one attached hydrogen (secondary N) is 1. The lowest BCUT2D eigenvalue weighted by molar-refractivity contribution is 0.506. The molecule has 19 heavy (non-hydrogen) atoms. The highest BCUT2D eigenvalue weighted by Crippen LogP contribution is 2.41. The molecule has 0 saturated heterocycles. The molecule has 0 saturated carbocycles. The molecule has 1 aromatic rings. The molecular weight excluding hydrogens is 254 g/mol. The molecule has 1 heterocycles. The third-order valence-corrected chi connectivity index (χ3v) is 6.26. The summed E-state index contributed by atoms with van der Waals surface area (Å²) >= 11 is 0. The van der Waals surface area contributed by atoms with Gasteiger partial charge in [0.25, 0.3) is 0 Å². The highest BCUT2D eigenvalue weighted by atomic mass is 32.2. The van der Waals surface area contributed by atoms with Crippen molar-refractivity contribution in [2.45, 2.75) is 62.1 Å². The van der Waals surface area contributed by atoms with Gasteiger partial charge in [0.1, 0.15) is 0 Å². The van der Waals surface area contributed by atoms with Crippen molar-refractivity contribution in [3.05, 3.63) is 28.8 Å². The fourth-order valence-electron chi connectivity index (χ4n) is 3.54. The average Bonchev–Trinajstić information content (AvgIpc) is 2.96. The van der Waals surface area contributed by atoms with Crippen LogP contribution in [0.2, 0.25) is 0 Å². The van der Waals surface area contributed by atoms with Crippen LogP contribution in [0.1, 0.15) is 55.8 Å². The molecule has 1 N–H and O–H groups in total. The van der Waals surface area contributed by atoms with Crippen molar-refractivity contribution >= 4 is 10.8 Å². The molecule has 0 aromatic heterocycles. The number of fused-ring (bicyclic) bond motifs is 2. The average molecular weight is 277 g/mol. The van der Waals surface area contributed by atoms with Crippen molar-refractivity contribution in [3.63, 3.8) is 0 Å². The number of hydrogen-bond acceptors (Lipinski definition) is 2. The fraction of sp³-hybridized carbons (Fsp3) is 0.625. The first-order valence-corrected chi connectivity index (χ1v) is 8.77. The van der Waals surface area contributed by atoms with Crippen molar-refractivity contribution in [2.75, 3.05) is 6.54 Å². The Labute approximate surface area is 118 Å². The van der Waals surface area contributed by atoms with E-state index < -0.39 is 10.8 Å². The molecule has 0 spiro atoms. The molecule has 3 heteroatoms. The summed E-state index contributed by atoms with van der Waals surface area (Å²) in [4.78, 5) is 1.12. The number of benzene rings is 1. The van der Waals surface area contributed by atoms with Gasteiger partial charge >= 0.3 is 0 Å². The molecule has 2 nitrogen and oxygen atoms in total. The van der Waals surface area contributed by atoms with Crippen molar-refractivity contribution in [2.24, 2.45) is 0 Å². The summed E-state index contributed by atoms with van der Waals surface area (Å²) in [6.07, 6.45) is 5.78. The van der Waals surface area contributed by atoms with E-state index in [1.165, 1.54) is 36.0 Å². The lowest BCUT2D eigenvalue weighted by Gasteiger charge is -2.19. The topological polar surface area (TPSA) is 29.1 Å². The summed E-state index contributed by atoms with van der Waals surface area (Å²) < 4.78 is 12.7. The van der Waals surface area contributed by atoms with E-state index in [4.69, 9.17) is 0 Å². The van der Waals surface area contributed by atoms with Gasteiger partial charge < -0.3 is 5.32 Å². The second-order valence-electron chi connectivity index (χ2n) is 5.67. The van der Waals surface area contributed by atoms with E-state index in [0.29, 0.717) is 6.04 Å². The van der Waals surface area contributed by atoms with Gasteiger partial charge in [-0.1, -0.05) is 26.3 Å². The zero-order valence-corrected chi connectivity index (χ0v) is 12.7. The van der Waals surface area contributed by atoms with Gasteiger partial charge in [-0.25, -0.2) is 0 Å². The molecule has 0 amide bonds. The molecule has 1 aliphatic carbocycles. The Kier molecular flexibility index (Phi) is 3.77. The highest BCUT2D eigenvalue weighted by molar-refractivity contribution is 7.86. The Morgan fingerprint density at radius 1 is 1.26 bits per heavy atom. The Morgan fingerprint density at radius 2 is 2.00 bits per heavy atom. The summed E-state index contributed by atoms with van der Waals surface area (Å²) in [5, 5.41) is 3.83. The van der Waals surface area contributed by atoms with E-state index >= 15 is 0 Å². The van der Waals surface area contributed by atoms with Gasteiger partial charge in [0.05, 0.1) is 16.0 Å². The SMILES string of the molecule is CCCC1C(NCC)c2cc3c(cc2S1=O)CCC3. The molecule has 1 aromatic carbocycles. The number of aryl methyl sites for hydroxylation is 2. The molecule has 0 radical (unpaired) electrons. The Bertz CT molecular complexity index is 512. The van der Waals surface area contributed by atoms with E-state index in [1.807, 2.05) is 0 Å². The number of hydrogen-bond donors (Lipinski definition) is 1. The van der Waals surface area contributed by atoms with Crippen molar-refractivity contribution in [1.29, 1.82) is 0 Å². The lowest BCUT2D eigenvalue weighted by atomic mass is 9.97. The monoisotopic (exact) mass is 277 g/mol. The molecule has 3 unspecified atom stereocenters. The van der Waals surface area contributed by atoms with Crippen LogP contribution in [-0.2, 0) is 23.6 Å². The third kappa shape index (κ3) is 2.17. The van der Waals surface area contributed by atoms with Gasteiger partial charge in [0.15, 0.2) is 0 Å². The minimum atomic E-state index is -0.822. The Balaban J connectivity index is 2.03. The first-order valence-electron chi connectivity index (χ1n) is 7.55. The molecule has 1 aliphatic heterocycles. The normalized spacial score (nSPS) is 28.4. The zero-order chi connectivity index (χ0) is 13.4. The maximum Gasteiger partial charge on any atom is 0.0590 e. The standard InChI is InChI=1S/C16H23NOS/c1-3-6-14-16(17-4-2)13-9-11-7-5-8-12(11)10-15(13)19(14)18/h9-10,14,16-17H,3-8H2,1-2H3. The second kappa shape index (κ2) is 5.37. The molecule has 3 rings (SSSR count). The van der Waals surface area contributed by atoms with Crippen LogP contribution in [0, 0.1) is 0 Å². The zero-order valence-electron chi connectivity index (χ0n) is 11.9. The lowest BCUT2D eigenvalue weighted by Crippen LogP contribution is -2.29. The van der Waals surface area contributed by atoms with E-state index in [0.717, 1.165) is 24.3 Å². The molecular formula is C16H23NOS. The molecule has 0 bridgehead atoms. The van der Waals surface area contributed by atoms with E-state index in [9.17, 15) is 4.21 Å². The third-order valence-electron chi connectivity index (χ3n) is 4.42. The van der Waals surface area contributed by atoms with E-state index in [-0.39, 0.29) is 5.25 Å². The smallest absolute Gasteiger partial charge is 0.0590 e. The van der Waals surface area contributed by atoms with Gasteiger partial charge in [-0.05, 0) is 55.0 Å². The van der Waals surface area contributed by atoms with Crippen LogP contribution in [0.4, 0.5) is 0 Å². The minimum absolute atomic E-state index is 0.266. The van der Waals surface area contributed by atoms with Crippen LogP contribution < -0.4 is 5.32 Å². The predicted molar refractivity (Wildman–Crippen MR) is 80.0 cm³/mol. The van der Waals surface area contributed by atoms with Crippen LogP contribution in [-0.4, -0.2) is 16.0 Å². The maximum atomic E-state index is 12.7. The summed E-state index contributed by atoms with van der Waals surface area (Å²) in [7, 11) is -0.822. The van der Waals surface area contributed by atoms with E-state index in [1.54, 1.807) is 0 Å². The molecule has 2 aliphatic rings. The highest BCUT2D eigenvalue weighted by Gasteiger charge is 2.38. The van der Waals surface area contributed by atoms with Crippen LogP contribution in [0.15, 0.2) is 17.0 Å². The van der Waals surface area contributed by atoms with Crippen molar-refractivity contribution < 1.29 is 4.21 Å². The summed E-state index contributed by atoms with van der Waals surface area (Å²) in [6, 6.07) is 4.89. The van der Waals surface area contributed by atoms with Crippen LogP contribution in [0.3, 0.4) is 0 Å². The van der Waals surface area contributed by atoms with Crippen LogP contribution in [0.5, 0.6) is 0 Å². The van der Waals surface area contributed by atoms with Crippen molar-refractivity contribution in [3.8, 4) is 0 Å². The molecule has 104 valence electrons. The quantitative estimate of drug-likeness (QED) is 0.916. The first-order chi connectivity index (χ1) is 9.26. The maximum absolute atomic E-state index is 12.7. The van der Waals surface area contributed by atoms with Crippen LogP contribution >= 0.6 is 0 Å². The van der Waals surface area contributed by atoms with Gasteiger partial charge in [0.2, 0.25) is 0 Å². The summed E-state index contributed by atoms with van der Waals surface area (Å²) in [6.45, 7) is 5.26. The van der Waals surface area contributed by atoms with Crippen molar-refractivity contribution in [1.82, 2.24) is 5.32 Å². The predicted octanol–water partition coefficient (Wildman–Crippen LogP) is 3.12. The fourth-order valence-corrected chi connectivity index (χ4v) is 5.49. The summed E-state index contributed by atoms with van der Waals surface area (Å²) in [5.41, 5.74) is 4.26. The first kappa shape index (κ1) is 13.3. The minimum Gasteiger partial charge on any atom is -0.309 e. The van der Waals surface area contributed by atoms with Gasteiger partial charge in [-0.2, -0.15) is 0 Å². The Morgan fingerprint density at radius 3 is 2.68 bits per heavy atom. The Hall–Kier alpha value is -0.670. The van der Waals surface area contributed by atoms with Gasteiger partial charge in [-0.3, -0.25) is 4.21 Å². The molecule has 0 fully saturated rings. The number of rotatable bonds is 4. The van der Waals surface area contributed by atoms with Gasteiger partial charge in [0, 0.05) is 10.9 Å². The molecule has 3 atom stereocenters. The largest absolute Gasteiger partial charge is 0.309 e. The summed E-state index contributed by atoms with van der Waals surface area (Å²) in [5.74, 6) is 0.